The van der Waals surface area contributed by atoms with E-state index < -0.39 is 0 Å². The van der Waals surface area contributed by atoms with Crippen LogP contribution in [0.15, 0.2) is 0 Å². The van der Waals surface area contributed by atoms with Crippen LogP contribution in [0.25, 0.3) is 0 Å². The third kappa shape index (κ3) is 2.09. The average molecular weight is 226 g/mol. The molecule has 0 aromatic carbocycles. The van der Waals surface area contributed by atoms with E-state index in [1.165, 1.54) is 0 Å². The standard InChI is InChI=1S/C12H22N2O2/c1-4-11-10(14(3)15)9-12(16-11)5-7-13(2)8-6-12/h11H,4-9H2,1-3H3/b14-10-. The molecule has 0 aromatic rings. The highest BCUT2D eigenvalue weighted by atomic mass is 16.5. The third-order valence-corrected chi connectivity index (χ3v) is 3.94. The molecule has 0 saturated carbocycles. The Kier molecular flexibility index (Phi) is 3.22. The van der Waals surface area contributed by atoms with Crippen molar-refractivity contribution in [2.45, 2.75) is 44.3 Å². The number of ether oxygens (including phenoxy) is 1. The number of hydrogen-bond acceptors (Lipinski definition) is 3. The van der Waals surface area contributed by atoms with Gasteiger partial charge < -0.3 is 14.8 Å². The lowest BCUT2D eigenvalue weighted by Gasteiger charge is -2.36. The summed E-state index contributed by atoms with van der Waals surface area (Å²) in [4.78, 5) is 2.33. The summed E-state index contributed by atoms with van der Waals surface area (Å²) >= 11 is 0. The first-order valence-corrected chi connectivity index (χ1v) is 6.19. The second-order valence-corrected chi connectivity index (χ2v) is 5.17. The van der Waals surface area contributed by atoms with Crippen LogP contribution in [0.5, 0.6) is 0 Å². The van der Waals surface area contributed by atoms with Gasteiger partial charge in [0.15, 0.2) is 5.71 Å². The molecule has 2 aliphatic rings. The quantitative estimate of drug-likeness (QED) is 0.383. The molecule has 1 spiro atoms. The van der Waals surface area contributed by atoms with E-state index in [1.807, 2.05) is 0 Å². The van der Waals surface area contributed by atoms with Gasteiger partial charge in [0.1, 0.15) is 13.2 Å². The monoisotopic (exact) mass is 226 g/mol. The first-order chi connectivity index (χ1) is 7.56. The minimum Gasteiger partial charge on any atom is -0.624 e. The molecule has 0 radical (unpaired) electrons. The van der Waals surface area contributed by atoms with Gasteiger partial charge in [0.25, 0.3) is 0 Å². The van der Waals surface area contributed by atoms with Crippen molar-refractivity contribution in [3.63, 3.8) is 0 Å². The highest BCUT2D eigenvalue weighted by Gasteiger charge is 2.48. The van der Waals surface area contributed by atoms with Crippen molar-refractivity contribution < 1.29 is 9.48 Å². The van der Waals surface area contributed by atoms with Gasteiger partial charge in [-0.05, 0) is 26.3 Å². The summed E-state index contributed by atoms with van der Waals surface area (Å²) in [6.45, 7) is 4.24. The van der Waals surface area contributed by atoms with Crippen molar-refractivity contribution in [2.75, 3.05) is 27.2 Å². The Hall–Kier alpha value is -0.610. The fourth-order valence-corrected chi connectivity index (χ4v) is 2.81. The predicted molar refractivity (Wildman–Crippen MR) is 63.8 cm³/mol. The lowest BCUT2D eigenvalue weighted by Crippen LogP contribution is -2.42. The Morgan fingerprint density at radius 3 is 2.56 bits per heavy atom. The van der Waals surface area contributed by atoms with E-state index in [0.29, 0.717) is 0 Å². The Balaban J connectivity index is 2.13. The zero-order chi connectivity index (χ0) is 11.8. The normalized spacial score (nSPS) is 33.3. The van der Waals surface area contributed by atoms with E-state index in [4.69, 9.17) is 4.74 Å². The molecule has 2 heterocycles. The summed E-state index contributed by atoms with van der Waals surface area (Å²) in [5.41, 5.74) is 0.897. The third-order valence-electron chi connectivity index (χ3n) is 3.94. The Labute approximate surface area is 97.5 Å². The number of hydroxylamine groups is 1. The molecule has 16 heavy (non-hydrogen) atoms. The maximum atomic E-state index is 11.5. The molecule has 1 atom stereocenters. The maximum Gasteiger partial charge on any atom is 0.195 e. The summed E-state index contributed by atoms with van der Waals surface area (Å²) < 4.78 is 7.17. The molecule has 0 aliphatic carbocycles. The number of rotatable bonds is 1. The summed E-state index contributed by atoms with van der Waals surface area (Å²) in [5.74, 6) is 0. The van der Waals surface area contributed by atoms with Gasteiger partial charge in [-0.25, -0.2) is 4.74 Å². The van der Waals surface area contributed by atoms with Crippen LogP contribution in [0, 0.1) is 5.21 Å². The molecule has 2 aliphatic heterocycles. The minimum atomic E-state index is -0.0405. The molecule has 0 N–H and O–H groups in total. The molecular formula is C12H22N2O2. The van der Waals surface area contributed by atoms with Gasteiger partial charge in [-0.3, -0.25) is 0 Å². The first-order valence-electron chi connectivity index (χ1n) is 6.19. The van der Waals surface area contributed by atoms with E-state index in [0.717, 1.165) is 49.2 Å². The van der Waals surface area contributed by atoms with E-state index in [-0.39, 0.29) is 11.7 Å². The molecule has 0 bridgehead atoms. The summed E-state index contributed by atoms with van der Waals surface area (Å²) in [6, 6.07) is 0. The average Bonchev–Trinajstić information content (AvgIpc) is 2.63. The highest BCUT2D eigenvalue weighted by Crippen LogP contribution is 2.38. The van der Waals surface area contributed by atoms with E-state index in [2.05, 4.69) is 18.9 Å². The smallest absolute Gasteiger partial charge is 0.195 e. The van der Waals surface area contributed by atoms with Crippen LogP contribution in [0.4, 0.5) is 0 Å². The largest absolute Gasteiger partial charge is 0.624 e. The lowest BCUT2D eigenvalue weighted by atomic mass is 9.88. The summed E-state index contributed by atoms with van der Waals surface area (Å²) in [6.07, 6.45) is 3.89. The van der Waals surface area contributed by atoms with Crippen molar-refractivity contribution in [3.8, 4) is 0 Å². The zero-order valence-electron chi connectivity index (χ0n) is 10.5. The topological polar surface area (TPSA) is 38.5 Å². The van der Waals surface area contributed by atoms with Crippen LogP contribution >= 0.6 is 0 Å². The van der Waals surface area contributed by atoms with Gasteiger partial charge >= 0.3 is 0 Å². The van der Waals surface area contributed by atoms with Crippen LogP contribution in [-0.2, 0) is 4.74 Å². The van der Waals surface area contributed by atoms with Gasteiger partial charge in [-0.2, -0.15) is 0 Å². The van der Waals surface area contributed by atoms with Crippen LogP contribution in [0.1, 0.15) is 32.6 Å². The predicted octanol–water partition coefficient (Wildman–Crippen LogP) is 1.23. The van der Waals surface area contributed by atoms with Crippen LogP contribution in [0.3, 0.4) is 0 Å². The molecule has 92 valence electrons. The van der Waals surface area contributed by atoms with Crippen molar-refractivity contribution in [2.24, 2.45) is 0 Å². The SMILES string of the molecule is CCC1OC2(CCN(C)CC2)C/C1=[N+](\C)[O-]. The van der Waals surface area contributed by atoms with E-state index in [1.54, 1.807) is 7.05 Å². The number of likely N-dealkylation sites (tertiary alicyclic amines) is 1. The molecule has 4 heteroatoms. The second-order valence-electron chi connectivity index (χ2n) is 5.17. The van der Waals surface area contributed by atoms with Crippen LogP contribution in [-0.4, -0.2) is 54.2 Å². The van der Waals surface area contributed by atoms with Crippen LogP contribution < -0.4 is 0 Å². The highest BCUT2D eigenvalue weighted by molar-refractivity contribution is 5.87. The van der Waals surface area contributed by atoms with Crippen LogP contribution in [0.2, 0.25) is 0 Å². The molecular weight excluding hydrogens is 204 g/mol. The van der Waals surface area contributed by atoms with Gasteiger partial charge in [0.2, 0.25) is 0 Å². The van der Waals surface area contributed by atoms with E-state index >= 15 is 0 Å². The fraction of sp³-hybridized carbons (Fsp3) is 0.917. The molecule has 4 nitrogen and oxygen atoms in total. The maximum absolute atomic E-state index is 11.5. The van der Waals surface area contributed by atoms with Crippen molar-refractivity contribution in [1.29, 1.82) is 0 Å². The summed E-state index contributed by atoms with van der Waals surface area (Å²) in [5, 5.41) is 11.5. The zero-order valence-corrected chi connectivity index (χ0v) is 10.5. The molecule has 2 saturated heterocycles. The van der Waals surface area contributed by atoms with Gasteiger partial charge in [-0.1, -0.05) is 6.92 Å². The molecule has 2 fully saturated rings. The number of hydrogen-bond donors (Lipinski definition) is 0. The molecule has 1 unspecified atom stereocenters. The Bertz CT molecular complexity index is 289. The minimum absolute atomic E-state index is 0.0405. The lowest BCUT2D eigenvalue weighted by molar-refractivity contribution is -0.426. The van der Waals surface area contributed by atoms with Crippen molar-refractivity contribution >= 4 is 5.71 Å². The van der Waals surface area contributed by atoms with Crippen molar-refractivity contribution in [3.05, 3.63) is 5.21 Å². The molecule has 0 amide bonds. The number of piperidine rings is 1. The van der Waals surface area contributed by atoms with Gasteiger partial charge in [0.05, 0.1) is 12.0 Å². The van der Waals surface area contributed by atoms with Gasteiger partial charge in [-0.15, -0.1) is 0 Å². The van der Waals surface area contributed by atoms with E-state index in [9.17, 15) is 5.21 Å². The van der Waals surface area contributed by atoms with Crippen molar-refractivity contribution in [1.82, 2.24) is 4.90 Å². The Morgan fingerprint density at radius 1 is 1.50 bits per heavy atom. The number of nitrogens with zero attached hydrogens (tertiary/aromatic N) is 2. The van der Waals surface area contributed by atoms with Gasteiger partial charge in [0, 0.05) is 13.1 Å². The summed E-state index contributed by atoms with van der Waals surface area (Å²) in [7, 11) is 3.73. The first kappa shape index (κ1) is 11.9. The molecule has 0 aromatic heterocycles. The molecule has 2 rings (SSSR count). The fourth-order valence-electron chi connectivity index (χ4n) is 2.81. The second kappa shape index (κ2) is 4.34. The Morgan fingerprint density at radius 2 is 2.12 bits per heavy atom.